The largest absolute Gasteiger partial charge is 0.433 e. The normalized spacial score (nSPS) is 11.3. The second-order valence-electron chi connectivity index (χ2n) is 6.16. The van der Waals surface area contributed by atoms with E-state index < -0.39 is 17.8 Å². The van der Waals surface area contributed by atoms with E-state index in [1.807, 2.05) is 0 Å². The highest BCUT2D eigenvalue weighted by Crippen LogP contribution is 2.33. The molecule has 1 N–H and O–H groups in total. The first kappa shape index (κ1) is 19.2. The standard InChI is InChI=1S/C20H13F3N6O/c21-20(22,23)17-10-16(14-2-1-7-25-11-14)28-29(17)15-3-4-18(26-12-15)27-19(30)13-5-8-24-9-6-13/h1-12H,(H,26,27,30). The Morgan fingerprint density at radius 1 is 0.967 bits per heavy atom. The highest BCUT2D eigenvalue weighted by atomic mass is 19.4. The van der Waals surface area contributed by atoms with Crippen LogP contribution in [0.15, 0.2) is 73.4 Å². The van der Waals surface area contributed by atoms with Crippen LogP contribution >= 0.6 is 0 Å². The Morgan fingerprint density at radius 3 is 2.40 bits per heavy atom. The minimum atomic E-state index is -4.62. The highest BCUT2D eigenvalue weighted by Gasteiger charge is 2.36. The van der Waals surface area contributed by atoms with Gasteiger partial charge in [0.25, 0.3) is 5.91 Å². The molecule has 0 atom stereocenters. The number of alkyl halides is 3. The van der Waals surface area contributed by atoms with Crippen LogP contribution in [0.3, 0.4) is 0 Å². The maximum atomic E-state index is 13.5. The van der Waals surface area contributed by atoms with Gasteiger partial charge in [-0.1, -0.05) is 0 Å². The van der Waals surface area contributed by atoms with Crippen LogP contribution in [-0.2, 0) is 6.18 Å². The van der Waals surface area contributed by atoms with E-state index in [2.05, 4.69) is 25.4 Å². The second kappa shape index (κ2) is 7.74. The average molecular weight is 410 g/mol. The molecule has 0 saturated heterocycles. The predicted octanol–water partition coefficient (Wildman–Crippen LogP) is 4.00. The number of amides is 1. The lowest BCUT2D eigenvalue weighted by Crippen LogP contribution is -2.15. The van der Waals surface area contributed by atoms with Crippen molar-refractivity contribution in [1.29, 1.82) is 0 Å². The molecule has 1 amide bonds. The Kier molecular flexibility index (Phi) is 4.97. The van der Waals surface area contributed by atoms with Gasteiger partial charge in [0.05, 0.1) is 17.6 Å². The number of nitrogens with one attached hydrogen (secondary N) is 1. The van der Waals surface area contributed by atoms with Crippen LogP contribution in [0.5, 0.6) is 0 Å². The molecule has 0 aliphatic rings. The topological polar surface area (TPSA) is 85.6 Å². The zero-order valence-corrected chi connectivity index (χ0v) is 15.2. The summed E-state index contributed by atoms with van der Waals surface area (Å²) in [7, 11) is 0. The Morgan fingerprint density at radius 2 is 1.77 bits per heavy atom. The quantitative estimate of drug-likeness (QED) is 0.550. The minimum Gasteiger partial charge on any atom is -0.307 e. The van der Waals surface area contributed by atoms with Gasteiger partial charge in [-0.15, -0.1) is 0 Å². The fourth-order valence-electron chi connectivity index (χ4n) is 2.71. The summed E-state index contributed by atoms with van der Waals surface area (Å²) in [5.74, 6) is -0.222. The fraction of sp³-hybridized carbons (Fsp3) is 0.0500. The summed E-state index contributed by atoms with van der Waals surface area (Å²) < 4.78 is 41.4. The van der Waals surface area contributed by atoms with Crippen LogP contribution in [0.1, 0.15) is 16.1 Å². The third-order valence-corrected chi connectivity index (χ3v) is 4.13. The van der Waals surface area contributed by atoms with Crippen LogP contribution in [0.2, 0.25) is 0 Å². The molecule has 0 fully saturated rings. The van der Waals surface area contributed by atoms with Gasteiger partial charge in [0, 0.05) is 35.9 Å². The number of carbonyl (C=O) groups is 1. The molecule has 4 aromatic rings. The molecule has 4 rings (SSSR count). The molecule has 0 aromatic carbocycles. The Bertz CT molecular complexity index is 1160. The van der Waals surface area contributed by atoms with E-state index in [0.717, 1.165) is 10.7 Å². The van der Waals surface area contributed by atoms with Crippen molar-refractivity contribution in [2.75, 3.05) is 5.32 Å². The van der Waals surface area contributed by atoms with Crippen molar-refractivity contribution in [3.63, 3.8) is 0 Å². The Labute approximate surface area is 168 Å². The minimum absolute atomic E-state index is 0.0966. The third-order valence-electron chi connectivity index (χ3n) is 4.13. The van der Waals surface area contributed by atoms with Crippen LogP contribution in [0.25, 0.3) is 16.9 Å². The average Bonchev–Trinajstić information content (AvgIpc) is 3.22. The molecule has 0 spiro atoms. The number of rotatable bonds is 4. The lowest BCUT2D eigenvalue weighted by Gasteiger charge is -2.10. The summed E-state index contributed by atoms with van der Waals surface area (Å²) in [5, 5.41) is 6.65. The van der Waals surface area contributed by atoms with Gasteiger partial charge in [0.1, 0.15) is 11.5 Å². The van der Waals surface area contributed by atoms with Crippen molar-refractivity contribution < 1.29 is 18.0 Å². The lowest BCUT2D eigenvalue weighted by atomic mass is 10.2. The van der Waals surface area contributed by atoms with Crippen LogP contribution in [-0.4, -0.2) is 30.6 Å². The SMILES string of the molecule is O=C(Nc1ccc(-n2nc(-c3cccnc3)cc2C(F)(F)F)cn1)c1ccncc1. The number of carbonyl (C=O) groups excluding carboxylic acids is 1. The maximum absolute atomic E-state index is 13.5. The molecule has 4 aromatic heterocycles. The molecule has 4 heterocycles. The smallest absolute Gasteiger partial charge is 0.307 e. The molecule has 0 aliphatic carbocycles. The first-order valence-corrected chi connectivity index (χ1v) is 8.67. The molecule has 0 saturated carbocycles. The molecule has 150 valence electrons. The monoisotopic (exact) mass is 410 g/mol. The summed E-state index contributed by atoms with van der Waals surface area (Å²) in [5.41, 5.74) is 0.112. The lowest BCUT2D eigenvalue weighted by molar-refractivity contribution is -0.142. The molecule has 7 nitrogen and oxygen atoms in total. The van der Waals surface area contributed by atoms with Crippen molar-refractivity contribution >= 4 is 11.7 Å². The zero-order chi connectivity index (χ0) is 21.1. The first-order valence-electron chi connectivity index (χ1n) is 8.67. The van der Waals surface area contributed by atoms with Gasteiger partial charge >= 0.3 is 6.18 Å². The summed E-state index contributed by atoms with van der Waals surface area (Å²) in [6.07, 6.45) is 2.49. The summed E-state index contributed by atoms with van der Waals surface area (Å²) in [6, 6.07) is 10.0. The number of pyridine rings is 3. The molecule has 0 radical (unpaired) electrons. The Balaban J connectivity index is 1.64. The number of halogens is 3. The van der Waals surface area contributed by atoms with Gasteiger partial charge in [-0.05, 0) is 42.5 Å². The third kappa shape index (κ3) is 4.02. The van der Waals surface area contributed by atoms with E-state index in [1.165, 1.54) is 55.2 Å². The van der Waals surface area contributed by atoms with Crippen LogP contribution in [0.4, 0.5) is 19.0 Å². The van der Waals surface area contributed by atoms with Gasteiger partial charge < -0.3 is 5.32 Å². The van der Waals surface area contributed by atoms with E-state index in [-0.39, 0.29) is 17.2 Å². The van der Waals surface area contributed by atoms with Gasteiger partial charge in [-0.3, -0.25) is 14.8 Å². The van der Waals surface area contributed by atoms with Crippen molar-refractivity contribution in [2.45, 2.75) is 6.18 Å². The Hall–Kier alpha value is -4.08. The maximum Gasteiger partial charge on any atom is 0.433 e. The molecule has 10 heteroatoms. The number of nitrogens with zero attached hydrogens (tertiary/aromatic N) is 5. The van der Waals surface area contributed by atoms with E-state index in [9.17, 15) is 18.0 Å². The van der Waals surface area contributed by atoms with Crippen molar-refractivity contribution in [3.05, 3.63) is 84.7 Å². The number of anilines is 1. The second-order valence-corrected chi connectivity index (χ2v) is 6.16. The van der Waals surface area contributed by atoms with E-state index >= 15 is 0 Å². The predicted molar refractivity (Wildman–Crippen MR) is 102 cm³/mol. The van der Waals surface area contributed by atoms with Crippen molar-refractivity contribution in [1.82, 2.24) is 24.7 Å². The summed E-state index contributed by atoms with van der Waals surface area (Å²) in [6.45, 7) is 0. The molecule has 0 bridgehead atoms. The van der Waals surface area contributed by atoms with Gasteiger partial charge in [0.2, 0.25) is 0 Å². The number of hydrogen-bond donors (Lipinski definition) is 1. The number of hydrogen-bond acceptors (Lipinski definition) is 5. The van der Waals surface area contributed by atoms with Crippen LogP contribution < -0.4 is 5.32 Å². The summed E-state index contributed by atoms with van der Waals surface area (Å²) in [4.78, 5) is 23.9. The molecular formula is C20H13F3N6O. The number of aromatic nitrogens is 5. The van der Waals surface area contributed by atoms with E-state index in [1.54, 1.807) is 12.1 Å². The fourth-order valence-corrected chi connectivity index (χ4v) is 2.71. The van der Waals surface area contributed by atoms with E-state index in [0.29, 0.717) is 11.1 Å². The summed E-state index contributed by atoms with van der Waals surface area (Å²) >= 11 is 0. The first-order chi connectivity index (χ1) is 14.4. The van der Waals surface area contributed by atoms with Crippen molar-refractivity contribution in [2.24, 2.45) is 0 Å². The van der Waals surface area contributed by atoms with Gasteiger partial charge in [0.15, 0.2) is 0 Å². The van der Waals surface area contributed by atoms with Crippen molar-refractivity contribution in [3.8, 4) is 16.9 Å². The van der Waals surface area contributed by atoms with E-state index in [4.69, 9.17) is 0 Å². The molecule has 0 unspecified atom stereocenters. The zero-order valence-electron chi connectivity index (χ0n) is 15.2. The van der Waals surface area contributed by atoms with Gasteiger partial charge in [-0.2, -0.15) is 18.3 Å². The van der Waals surface area contributed by atoms with Crippen LogP contribution in [0, 0.1) is 0 Å². The molecular weight excluding hydrogens is 397 g/mol. The molecule has 0 aliphatic heterocycles. The molecule has 30 heavy (non-hydrogen) atoms. The van der Waals surface area contributed by atoms with Gasteiger partial charge in [-0.25, -0.2) is 9.67 Å². The highest BCUT2D eigenvalue weighted by molar-refractivity contribution is 6.03.